The number of carbonyl (C=O) groups excluding carboxylic acids is 1. The van der Waals surface area contributed by atoms with Gasteiger partial charge in [0.05, 0.1) is 5.69 Å². The topological polar surface area (TPSA) is 72.2 Å². The van der Waals surface area contributed by atoms with Gasteiger partial charge in [-0.3, -0.25) is 9.20 Å². The van der Waals surface area contributed by atoms with Gasteiger partial charge in [-0.25, -0.2) is 9.37 Å². The molecule has 3 aromatic heterocycles. The lowest BCUT2D eigenvalue weighted by atomic mass is 10.2. The number of halogens is 1. The van der Waals surface area contributed by atoms with Crippen LogP contribution in [-0.4, -0.2) is 32.0 Å². The third-order valence-electron chi connectivity index (χ3n) is 4.11. The summed E-state index contributed by atoms with van der Waals surface area (Å²) in [6, 6.07) is 11.8. The second kappa shape index (κ2) is 7.24. The van der Waals surface area contributed by atoms with E-state index in [1.807, 2.05) is 28.8 Å². The molecular formula is C19H16FN5OS. The number of benzene rings is 1. The van der Waals surface area contributed by atoms with Crippen LogP contribution in [-0.2, 0) is 6.42 Å². The number of hydrogen-bond acceptors (Lipinski definition) is 5. The summed E-state index contributed by atoms with van der Waals surface area (Å²) in [5.41, 5.74) is 2.23. The van der Waals surface area contributed by atoms with E-state index >= 15 is 0 Å². The van der Waals surface area contributed by atoms with Crippen LogP contribution in [0.5, 0.6) is 0 Å². The Morgan fingerprint density at radius 1 is 1.19 bits per heavy atom. The standard InChI is InChI=1S/C19H16FN5OS/c1-12-17(27-19(22-12)13-5-7-14(20)8-6-13)18(26)21-10-9-16-24-23-15-4-2-3-11-25(15)16/h2-8,11H,9-10H2,1H3,(H,21,26). The van der Waals surface area contributed by atoms with Gasteiger partial charge in [-0.05, 0) is 43.3 Å². The van der Waals surface area contributed by atoms with Crippen molar-refractivity contribution in [2.45, 2.75) is 13.3 Å². The van der Waals surface area contributed by atoms with Crippen LogP contribution in [0.25, 0.3) is 16.2 Å². The Hall–Kier alpha value is -3.13. The molecule has 1 aromatic carbocycles. The van der Waals surface area contributed by atoms with Gasteiger partial charge in [0.1, 0.15) is 21.5 Å². The van der Waals surface area contributed by atoms with Crippen molar-refractivity contribution in [1.82, 2.24) is 24.9 Å². The predicted octanol–water partition coefficient (Wildman–Crippen LogP) is 3.27. The van der Waals surface area contributed by atoms with Crippen LogP contribution in [0.4, 0.5) is 4.39 Å². The van der Waals surface area contributed by atoms with Crippen molar-refractivity contribution in [1.29, 1.82) is 0 Å². The largest absolute Gasteiger partial charge is 0.351 e. The lowest BCUT2D eigenvalue weighted by molar-refractivity contribution is 0.0957. The SMILES string of the molecule is Cc1nc(-c2ccc(F)cc2)sc1C(=O)NCCc1nnc2ccccn12. The number of rotatable bonds is 5. The molecule has 3 heterocycles. The fourth-order valence-corrected chi connectivity index (χ4v) is 3.74. The van der Waals surface area contributed by atoms with Crippen molar-refractivity contribution >= 4 is 22.9 Å². The van der Waals surface area contributed by atoms with E-state index in [1.165, 1.54) is 23.5 Å². The van der Waals surface area contributed by atoms with Gasteiger partial charge >= 0.3 is 0 Å². The quantitative estimate of drug-likeness (QED) is 0.576. The number of hydrogen-bond donors (Lipinski definition) is 1. The number of thiazole rings is 1. The van der Waals surface area contributed by atoms with Gasteiger partial charge in [0.25, 0.3) is 5.91 Å². The Kier molecular flexibility index (Phi) is 4.64. The van der Waals surface area contributed by atoms with Gasteiger partial charge in [0.2, 0.25) is 0 Å². The molecule has 4 aromatic rings. The number of nitrogens with one attached hydrogen (secondary N) is 1. The van der Waals surface area contributed by atoms with Crippen molar-refractivity contribution in [2.24, 2.45) is 0 Å². The molecule has 0 spiro atoms. The third-order valence-corrected chi connectivity index (χ3v) is 5.32. The molecule has 0 unspecified atom stereocenters. The van der Waals surface area contributed by atoms with Crippen LogP contribution < -0.4 is 5.32 Å². The van der Waals surface area contributed by atoms with Crippen molar-refractivity contribution in [3.8, 4) is 10.6 Å². The molecule has 6 nitrogen and oxygen atoms in total. The molecular weight excluding hydrogens is 365 g/mol. The molecule has 0 bridgehead atoms. The molecule has 8 heteroatoms. The maximum Gasteiger partial charge on any atom is 0.263 e. The molecule has 0 fully saturated rings. The molecule has 0 saturated heterocycles. The summed E-state index contributed by atoms with van der Waals surface area (Å²) in [5.74, 6) is 0.317. The van der Waals surface area contributed by atoms with Gasteiger partial charge < -0.3 is 5.32 Å². The Morgan fingerprint density at radius 3 is 2.81 bits per heavy atom. The first-order valence-corrected chi connectivity index (χ1v) is 9.23. The fourth-order valence-electron chi connectivity index (χ4n) is 2.75. The molecule has 0 aliphatic heterocycles. The van der Waals surface area contributed by atoms with E-state index in [1.54, 1.807) is 19.1 Å². The van der Waals surface area contributed by atoms with Crippen LogP contribution in [0.15, 0.2) is 48.7 Å². The molecule has 27 heavy (non-hydrogen) atoms. The molecule has 0 atom stereocenters. The van der Waals surface area contributed by atoms with Crippen LogP contribution >= 0.6 is 11.3 Å². The first-order valence-electron chi connectivity index (χ1n) is 8.42. The molecule has 0 aliphatic carbocycles. The average molecular weight is 381 g/mol. The zero-order chi connectivity index (χ0) is 18.8. The number of aromatic nitrogens is 4. The molecule has 136 valence electrons. The molecule has 0 aliphatic rings. The van der Waals surface area contributed by atoms with E-state index in [2.05, 4.69) is 20.5 Å². The van der Waals surface area contributed by atoms with E-state index in [-0.39, 0.29) is 11.7 Å². The maximum atomic E-state index is 13.1. The summed E-state index contributed by atoms with van der Waals surface area (Å²) in [4.78, 5) is 17.5. The summed E-state index contributed by atoms with van der Waals surface area (Å²) >= 11 is 1.30. The summed E-state index contributed by atoms with van der Waals surface area (Å²) < 4.78 is 15.0. The highest BCUT2D eigenvalue weighted by Crippen LogP contribution is 2.28. The summed E-state index contributed by atoms with van der Waals surface area (Å²) in [6.07, 6.45) is 2.47. The van der Waals surface area contributed by atoms with E-state index in [0.29, 0.717) is 28.5 Å². The monoisotopic (exact) mass is 381 g/mol. The number of fused-ring (bicyclic) bond motifs is 1. The molecule has 4 rings (SSSR count). The fraction of sp³-hybridized carbons (Fsp3) is 0.158. The highest BCUT2D eigenvalue weighted by molar-refractivity contribution is 7.17. The molecule has 0 radical (unpaired) electrons. The van der Waals surface area contributed by atoms with Gasteiger partial charge in [0.15, 0.2) is 5.65 Å². The molecule has 1 N–H and O–H groups in total. The first-order chi connectivity index (χ1) is 13.1. The normalized spacial score (nSPS) is 11.0. The van der Waals surface area contributed by atoms with Crippen molar-refractivity contribution in [3.05, 3.63) is 70.9 Å². The lowest BCUT2D eigenvalue weighted by Crippen LogP contribution is -2.26. The summed E-state index contributed by atoms with van der Waals surface area (Å²) in [5, 5.41) is 11.9. The Bertz CT molecular complexity index is 1100. The van der Waals surface area contributed by atoms with Crippen LogP contribution in [0.2, 0.25) is 0 Å². The lowest BCUT2D eigenvalue weighted by Gasteiger charge is -2.03. The van der Waals surface area contributed by atoms with Crippen LogP contribution in [0.3, 0.4) is 0 Å². The van der Waals surface area contributed by atoms with E-state index < -0.39 is 0 Å². The van der Waals surface area contributed by atoms with Crippen molar-refractivity contribution in [3.63, 3.8) is 0 Å². The number of amides is 1. The Labute approximate surface area is 158 Å². The second-order valence-corrected chi connectivity index (χ2v) is 6.99. The van der Waals surface area contributed by atoms with Gasteiger partial charge in [0, 0.05) is 24.7 Å². The van der Waals surface area contributed by atoms with Crippen molar-refractivity contribution < 1.29 is 9.18 Å². The number of carbonyl (C=O) groups is 1. The average Bonchev–Trinajstić information content (AvgIpc) is 3.26. The Balaban J connectivity index is 1.43. The Morgan fingerprint density at radius 2 is 2.00 bits per heavy atom. The van der Waals surface area contributed by atoms with Gasteiger partial charge in [-0.1, -0.05) is 6.07 Å². The number of aryl methyl sites for hydroxylation is 1. The first kappa shape index (κ1) is 17.3. The predicted molar refractivity (Wildman–Crippen MR) is 101 cm³/mol. The van der Waals surface area contributed by atoms with Gasteiger partial charge in [-0.2, -0.15) is 0 Å². The number of nitrogens with zero attached hydrogens (tertiary/aromatic N) is 4. The van der Waals surface area contributed by atoms with Crippen LogP contribution in [0, 0.1) is 12.7 Å². The maximum absolute atomic E-state index is 13.1. The van der Waals surface area contributed by atoms with E-state index in [9.17, 15) is 9.18 Å². The van der Waals surface area contributed by atoms with Crippen LogP contribution in [0.1, 0.15) is 21.2 Å². The zero-order valence-electron chi connectivity index (χ0n) is 14.5. The highest BCUT2D eigenvalue weighted by Gasteiger charge is 2.16. The minimum atomic E-state index is -0.300. The highest BCUT2D eigenvalue weighted by atomic mass is 32.1. The smallest absolute Gasteiger partial charge is 0.263 e. The summed E-state index contributed by atoms with van der Waals surface area (Å²) in [7, 11) is 0. The van der Waals surface area contributed by atoms with Crippen molar-refractivity contribution in [2.75, 3.05) is 6.54 Å². The molecule has 0 saturated carbocycles. The van der Waals surface area contributed by atoms with E-state index in [4.69, 9.17) is 0 Å². The zero-order valence-corrected chi connectivity index (χ0v) is 15.3. The number of pyridine rings is 1. The summed E-state index contributed by atoms with van der Waals surface area (Å²) in [6.45, 7) is 2.24. The minimum absolute atomic E-state index is 0.174. The minimum Gasteiger partial charge on any atom is -0.351 e. The third kappa shape index (κ3) is 3.56. The second-order valence-electron chi connectivity index (χ2n) is 5.99. The molecule has 1 amide bonds. The van der Waals surface area contributed by atoms with Gasteiger partial charge in [-0.15, -0.1) is 21.5 Å². The van der Waals surface area contributed by atoms with E-state index in [0.717, 1.165) is 17.0 Å².